The highest BCUT2D eigenvalue weighted by Crippen LogP contribution is 2.18. The molecule has 0 aliphatic carbocycles. The normalized spacial score (nSPS) is 11.3. The predicted octanol–water partition coefficient (Wildman–Crippen LogP) is 3.41. The third-order valence-electron chi connectivity index (χ3n) is 3.18. The molecule has 0 unspecified atom stereocenters. The highest BCUT2D eigenvalue weighted by Gasteiger charge is 2.28. The van der Waals surface area contributed by atoms with Gasteiger partial charge in [-0.05, 0) is 30.5 Å². The Morgan fingerprint density at radius 3 is 2.42 bits per heavy atom. The second-order valence-corrected chi connectivity index (χ2v) is 6.03. The molecule has 5 nitrogen and oxygen atoms in total. The number of rotatable bonds is 5. The van der Waals surface area contributed by atoms with Crippen LogP contribution < -0.4 is 10.6 Å². The van der Waals surface area contributed by atoms with E-state index in [-0.39, 0.29) is 11.6 Å². The van der Waals surface area contributed by atoms with Gasteiger partial charge in [-0.2, -0.15) is 13.2 Å². The number of amides is 3. The van der Waals surface area contributed by atoms with Crippen LogP contribution in [0.4, 0.5) is 23.7 Å². The van der Waals surface area contributed by atoms with E-state index in [1.807, 2.05) is 13.8 Å². The molecule has 0 fully saturated rings. The third kappa shape index (κ3) is 6.47. The van der Waals surface area contributed by atoms with Crippen molar-refractivity contribution in [3.8, 4) is 0 Å². The zero-order valence-electron chi connectivity index (χ0n) is 14.1. The van der Waals surface area contributed by atoms with Crippen LogP contribution in [-0.2, 0) is 0 Å². The molecule has 0 radical (unpaired) electrons. The number of hydrogen-bond acceptors (Lipinski definition) is 2. The van der Waals surface area contributed by atoms with E-state index in [9.17, 15) is 22.8 Å². The van der Waals surface area contributed by atoms with Gasteiger partial charge < -0.3 is 15.5 Å². The standard InChI is InChI=1S/C16H22F3N3O2/c1-10(2)8-22(4)15(24)21-13-7-12(6-5-11(13)3)14(23)20-9-16(17,18)19/h5-7,10H,8-9H2,1-4H3,(H,20,23)(H,21,24). The van der Waals surface area contributed by atoms with Gasteiger partial charge >= 0.3 is 12.2 Å². The van der Waals surface area contributed by atoms with E-state index in [4.69, 9.17) is 0 Å². The summed E-state index contributed by atoms with van der Waals surface area (Å²) in [7, 11) is 1.64. The first-order chi connectivity index (χ1) is 11.0. The molecular weight excluding hydrogens is 323 g/mol. The van der Waals surface area contributed by atoms with Crippen LogP contribution in [0.3, 0.4) is 0 Å². The van der Waals surface area contributed by atoms with E-state index < -0.39 is 18.6 Å². The average Bonchev–Trinajstić information content (AvgIpc) is 2.45. The fourth-order valence-electron chi connectivity index (χ4n) is 2.02. The Bertz CT molecular complexity index is 601. The molecular formula is C16H22F3N3O2. The van der Waals surface area contributed by atoms with Gasteiger partial charge in [-0.3, -0.25) is 4.79 Å². The third-order valence-corrected chi connectivity index (χ3v) is 3.18. The number of anilines is 1. The molecule has 1 aromatic rings. The lowest BCUT2D eigenvalue weighted by molar-refractivity contribution is -0.123. The highest BCUT2D eigenvalue weighted by molar-refractivity contribution is 5.97. The Labute approximate surface area is 139 Å². The molecule has 0 aliphatic rings. The smallest absolute Gasteiger partial charge is 0.343 e. The lowest BCUT2D eigenvalue weighted by Crippen LogP contribution is -2.35. The number of alkyl halides is 3. The zero-order valence-corrected chi connectivity index (χ0v) is 14.1. The molecule has 0 aromatic heterocycles. The van der Waals surface area contributed by atoms with Crippen molar-refractivity contribution >= 4 is 17.6 Å². The fourth-order valence-corrected chi connectivity index (χ4v) is 2.02. The van der Waals surface area contributed by atoms with Crippen LogP contribution in [0.1, 0.15) is 29.8 Å². The first kappa shape index (κ1) is 19.8. The van der Waals surface area contributed by atoms with Crippen molar-refractivity contribution in [2.24, 2.45) is 5.92 Å². The highest BCUT2D eigenvalue weighted by atomic mass is 19.4. The second kappa shape index (κ2) is 8.03. The average molecular weight is 345 g/mol. The van der Waals surface area contributed by atoms with Gasteiger partial charge in [0.05, 0.1) is 0 Å². The zero-order chi connectivity index (χ0) is 18.5. The van der Waals surface area contributed by atoms with Crippen molar-refractivity contribution in [1.29, 1.82) is 0 Å². The van der Waals surface area contributed by atoms with Crippen molar-refractivity contribution in [2.45, 2.75) is 26.9 Å². The number of halogens is 3. The van der Waals surface area contributed by atoms with Crippen molar-refractivity contribution < 1.29 is 22.8 Å². The molecule has 2 N–H and O–H groups in total. The minimum atomic E-state index is -4.48. The summed E-state index contributed by atoms with van der Waals surface area (Å²) in [4.78, 5) is 25.4. The summed E-state index contributed by atoms with van der Waals surface area (Å²) in [5.74, 6) is -0.556. The molecule has 0 atom stereocenters. The monoisotopic (exact) mass is 345 g/mol. The van der Waals surface area contributed by atoms with Gasteiger partial charge in [-0.1, -0.05) is 19.9 Å². The molecule has 134 valence electrons. The molecule has 0 spiro atoms. The summed E-state index contributed by atoms with van der Waals surface area (Å²) >= 11 is 0. The fraction of sp³-hybridized carbons (Fsp3) is 0.500. The molecule has 3 amide bonds. The van der Waals surface area contributed by atoms with Crippen LogP contribution >= 0.6 is 0 Å². The molecule has 24 heavy (non-hydrogen) atoms. The number of urea groups is 1. The van der Waals surface area contributed by atoms with Gasteiger partial charge in [0.25, 0.3) is 5.91 Å². The van der Waals surface area contributed by atoms with Gasteiger partial charge in [0.15, 0.2) is 0 Å². The Hall–Kier alpha value is -2.25. The van der Waals surface area contributed by atoms with E-state index in [2.05, 4.69) is 5.32 Å². The first-order valence-electron chi connectivity index (χ1n) is 7.47. The Balaban J connectivity index is 2.82. The summed E-state index contributed by atoms with van der Waals surface area (Å²) in [6, 6.07) is 4.00. The van der Waals surface area contributed by atoms with E-state index in [0.717, 1.165) is 0 Å². The number of aryl methyl sites for hydroxylation is 1. The lowest BCUT2D eigenvalue weighted by atomic mass is 10.1. The topological polar surface area (TPSA) is 61.4 Å². The maximum Gasteiger partial charge on any atom is 0.405 e. The van der Waals surface area contributed by atoms with Gasteiger partial charge in [-0.25, -0.2) is 4.79 Å². The summed E-state index contributed by atoms with van der Waals surface area (Å²) in [5, 5.41) is 4.47. The number of benzene rings is 1. The van der Waals surface area contributed by atoms with E-state index >= 15 is 0 Å². The Kier molecular flexibility index (Phi) is 6.62. The lowest BCUT2D eigenvalue weighted by Gasteiger charge is -2.21. The number of nitrogens with zero attached hydrogens (tertiary/aromatic N) is 1. The van der Waals surface area contributed by atoms with Gasteiger partial charge in [0, 0.05) is 24.8 Å². The van der Waals surface area contributed by atoms with Crippen LogP contribution in [0, 0.1) is 12.8 Å². The SMILES string of the molecule is Cc1ccc(C(=O)NCC(F)(F)F)cc1NC(=O)N(C)CC(C)C. The maximum absolute atomic E-state index is 12.2. The number of carbonyl (C=O) groups excluding carboxylic acids is 2. The van der Waals surface area contributed by atoms with Crippen LogP contribution in [0.5, 0.6) is 0 Å². The molecule has 0 saturated carbocycles. The van der Waals surface area contributed by atoms with Crippen molar-refractivity contribution in [2.75, 3.05) is 25.5 Å². The Morgan fingerprint density at radius 1 is 1.25 bits per heavy atom. The van der Waals surface area contributed by atoms with Gasteiger partial charge in [-0.15, -0.1) is 0 Å². The Morgan fingerprint density at radius 2 is 1.88 bits per heavy atom. The molecule has 8 heteroatoms. The van der Waals surface area contributed by atoms with E-state index in [1.165, 1.54) is 17.0 Å². The molecule has 0 bridgehead atoms. The first-order valence-corrected chi connectivity index (χ1v) is 7.47. The number of hydrogen-bond donors (Lipinski definition) is 2. The molecule has 0 heterocycles. The van der Waals surface area contributed by atoms with Crippen LogP contribution in [-0.4, -0.2) is 43.2 Å². The molecule has 0 saturated heterocycles. The van der Waals surface area contributed by atoms with Gasteiger partial charge in [0.1, 0.15) is 6.54 Å². The second-order valence-electron chi connectivity index (χ2n) is 6.03. The van der Waals surface area contributed by atoms with Crippen LogP contribution in [0.25, 0.3) is 0 Å². The van der Waals surface area contributed by atoms with Crippen molar-refractivity contribution in [3.63, 3.8) is 0 Å². The van der Waals surface area contributed by atoms with Gasteiger partial charge in [0.2, 0.25) is 0 Å². The van der Waals surface area contributed by atoms with E-state index in [0.29, 0.717) is 23.7 Å². The minimum Gasteiger partial charge on any atom is -0.343 e. The largest absolute Gasteiger partial charge is 0.405 e. The van der Waals surface area contributed by atoms with E-state index in [1.54, 1.807) is 25.4 Å². The summed E-state index contributed by atoms with van der Waals surface area (Å²) in [5.41, 5.74) is 1.13. The maximum atomic E-state index is 12.2. The number of nitrogens with one attached hydrogen (secondary N) is 2. The number of carbonyl (C=O) groups is 2. The summed E-state index contributed by atoms with van der Waals surface area (Å²) in [6.07, 6.45) is -4.48. The minimum absolute atomic E-state index is 0.0478. The van der Waals surface area contributed by atoms with Crippen LogP contribution in [0.2, 0.25) is 0 Å². The summed E-state index contributed by atoms with van der Waals surface area (Å²) in [6.45, 7) is 4.83. The van der Waals surface area contributed by atoms with Crippen molar-refractivity contribution in [3.05, 3.63) is 29.3 Å². The molecule has 1 aromatic carbocycles. The molecule has 1 rings (SSSR count). The molecule has 0 aliphatic heterocycles. The van der Waals surface area contributed by atoms with Crippen LogP contribution in [0.15, 0.2) is 18.2 Å². The summed E-state index contributed by atoms with van der Waals surface area (Å²) < 4.78 is 36.5. The quantitative estimate of drug-likeness (QED) is 0.859. The predicted molar refractivity (Wildman–Crippen MR) is 86.1 cm³/mol. The van der Waals surface area contributed by atoms with Crippen molar-refractivity contribution in [1.82, 2.24) is 10.2 Å².